The second kappa shape index (κ2) is 31.3. The number of primary amides is 1. The van der Waals surface area contributed by atoms with Gasteiger partial charge in [0, 0.05) is 51.4 Å². The number of ether oxygens (including phenoxy) is 5. The third kappa shape index (κ3) is 19.0. The summed E-state index contributed by atoms with van der Waals surface area (Å²) in [4.78, 5) is 96.8. The summed E-state index contributed by atoms with van der Waals surface area (Å²) >= 11 is 1.50. The van der Waals surface area contributed by atoms with E-state index < -0.39 is 83.1 Å². The molecule has 9 N–H and O–H groups in total. The summed E-state index contributed by atoms with van der Waals surface area (Å²) in [6, 6.07) is 15.6. The van der Waals surface area contributed by atoms with E-state index in [2.05, 4.69) is 33.1 Å². The number of carbonyl (C=O) groups excluding carboxylic acids is 6. The first-order chi connectivity index (χ1) is 41.4. The number of likely N-dealkylation sites (tertiary alicyclic amines) is 1. The number of anilines is 1. The van der Waals surface area contributed by atoms with Gasteiger partial charge in [-0.3, -0.25) is 38.5 Å². The number of nitrogens with one attached hydrogen (secondary N) is 3. The zero-order valence-corrected chi connectivity index (χ0v) is 51.4. The number of benzene rings is 3. The highest BCUT2D eigenvalue weighted by Gasteiger charge is 2.53. The van der Waals surface area contributed by atoms with Crippen LogP contribution in [0.5, 0.6) is 5.75 Å². The van der Waals surface area contributed by atoms with Crippen LogP contribution in [0.1, 0.15) is 113 Å². The molecule has 22 nitrogen and oxygen atoms in total. The van der Waals surface area contributed by atoms with Crippen LogP contribution in [0.4, 0.5) is 10.1 Å². The molecular weight excluding hydrogens is 1140 g/mol. The van der Waals surface area contributed by atoms with Crippen molar-refractivity contribution < 1.29 is 71.8 Å². The Morgan fingerprint density at radius 2 is 1.55 bits per heavy atom. The number of aliphatic hydroxyl groups excluding tert-OH is 1. The number of aromatic nitrogens is 1. The fourth-order valence-corrected chi connectivity index (χ4v) is 11.5. The summed E-state index contributed by atoms with van der Waals surface area (Å²) in [6.45, 7) is 12.9. The molecule has 2 fully saturated rings. The topological polar surface area (TPSA) is 314 Å². The number of carbonyl (C=O) groups is 7. The van der Waals surface area contributed by atoms with Gasteiger partial charge in [-0.2, -0.15) is 0 Å². The fraction of sp³-hybridized carbons (Fsp3) is 0.556. The molecule has 7 atom stereocenters. The van der Waals surface area contributed by atoms with Gasteiger partial charge in [-0.1, -0.05) is 75.4 Å². The number of nitrogens with two attached hydrogens (primary N) is 2. The molecular formula is C63H85FN8O14S. The number of aliphatic carboxylic acids is 1. The number of aryl methyl sites for hydroxylation is 3. The lowest BCUT2D eigenvalue weighted by molar-refractivity contribution is -0.145. The number of carboxylic acid groups (broad SMARTS) is 1. The second-order valence-corrected chi connectivity index (χ2v) is 24.6. The first kappa shape index (κ1) is 67.6. The van der Waals surface area contributed by atoms with Crippen molar-refractivity contribution in [3.8, 4) is 16.2 Å². The third-order valence-corrected chi connectivity index (χ3v) is 16.7. The molecule has 8 rings (SSSR count). The van der Waals surface area contributed by atoms with Crippen molar-refractivity contribution in [2.45, 2.75) is 167 Å². The van der Waals surface area contributed by atoms with Gasteiger partial charge in [0.2, 0.25) is 29.5 Å². The monoisotopic (exact) mass is 1230 g/mol. The molecule has 474 valence electrons. The van der Waals surface area contributed by atoms with E-state index in [4.69, 9.17) is 45.1 Å². The van der Waals surface area contributed by atoms with Crippen LogP contribution in [-0.4, -0.2) is 162 Å². The first-order valence-corrected chi connectivity index (χ1v) is 30.6. The normalized spacial score (nSPS) is 19.4. The third-order valence-electron chi connectivity index (χ3n) is 15.7. The van der Waals surface area contributed by atoms with Crippen LogP contribution >= 0.6 is 11.3 Å². The number of para-hydroxylation sites is 1. The van der Waals surface area contributed by atoms with E-state index in [1.807, 2.05) is 62.4 Å². The largest absolute Gasteiger partial charge is 0.491 e. The van der Waals surface area contributed by atoms with Crippen LogP contribution < -0.4 is 37.1 Å². The summed E-state index contributed by atoms with van der Waals surface area (Å²) in [5.74, 6) is -3.26. The summed E-state index contributed by atoms with van der Waals surface area (Å²) in [6.07, 6.45) is 2.28. The Hall–Kier alpha value is -6.93. The van der Waals surface area contributed by atoms with E-state index in [-0.39, 0.29) is 76.8 Å². The Bertz CT molecular complexity index is 3020. The zero-order chi connectivity index (χ0) is 63.0. The van der Waals surface area contributed by atoms with Crippen LogP contribution in [0.3, 0.4) is 0 Å². The van der Waals surface area contributed by atoms with Crippen molar-refractivity contribution in [1.82, 2.24) is 25.8 Å². The number of halogens is 1. The van der Waals surface area contributed by atoms with Gasteiger partial charge < -0.3 is 66.2 Å². The maximum atomic E-state index is 14.7. The summed E-state index contributed by atoms with van der Waals surface area (Å²) in [5.41, 5.74) is 18.0. The molecule has 0 spiro atoms. The van der Waals surface area contributed by atoms with Gasteiger partial charge in [0.1, 0.15) is 30.5 Å². The Labute approximate surface area is 511 Å². The van der Waals surface area contributed by atoms with E-state index in [0.717, 1.165) is 63.8 Å². The molecule has 4 aliphatic rings. The van der Waals surface area contributed by atoms with E-state index in [0.29, 0.717) is 63.6 Å². The SMILES string of the molecule is CC(=O)O.Cc1ncsc1-c1ccc(CNC(=O)[C@@H]2C[C@@H](O)CN2C(=O)[C@@H](NC(=O)C2(F)CC2)C(C)(C)C)c(OCCOCCOCCOCCCc2ccc(CO[C@H](C)[C@H](CCC(N)=O)NC(=O)[C@@H]3Cc4cccc5c4N3C(=O)[C@@H](N)CC5)cc2)c1. The Morgan fingerprint density at radius 1 is 0.897 bits per heavy atom. The summed E-state index contributed by atoms with van der Waals surface area (Å²) in [5, 5.41) is 26.7. The molecule has 0 radical (unpaired) electrons. The van der Waals surface area contributed by atoms with E-state index in [9.17, 15) is 38.3 Å². The van der Waals surface area contributed by atoms with Crippen LogP contribution in [0.2, 0.25) is 0 Å². The number of β-amino-alcohol motifs (C(OH)–C–C–N with tert-alkyl or cyclic N) is 1. The quantitative estimate of drug-likeness (QED) is 0.0346. The molecule has 4 aromatic rings. The van der Waals surface area contributed by atoms with Gasteiger partial charge >= 0.3 is 0 Å². The number of hydrogen-bond acceptors (Lipinski definition) is 16. The van der Waals surface area contributed by atoms with Gasteiger partial charge in [-0.15, -0.1) is 11.3 Å². The lowest BCUT2D eigenvalue weighted by atomic mass is 9.85. The highest BCUT2D eigenvalue weighted by Crippen LogP contribution is 2.41. The van der Waals surface area contributed by atoms with Crippen molar-refractivity contribution in [3.63, 3.8) is 0 Å². The van der Waals surface area contributed by atoms with Gasteiger partial charge in [0.05, 0.1) is 85.7 Å². The highest BCUT2D eigenvalue weighted by molar-refractivity contribution is 7.13. The number of alkyl halides is 1. The standard InChI is InChI=1S/C61H81FN8O12S.C2H4O2/c1-37-53(83-36-66-37)43-15-16-44(33-65-55(73)48-32-45(71)34-69(48)58(76)54(60(3,4)5)68-59(77)61(62)21-22-61)50(31-43)81-29-28-80-27-26-79-25-24-78-23-7-8-39-11-13-40(14-12-39)35-82-38(2)47(19-20-51(64)72)67-56(74)49-30-42-10-6-9-41-17-18-46(63)57(75)70(49)52(41)42;1-2(3)4/h6,9-16,31,36,38,45-49,54,71H,7-8,17-30,32-35,63H2,1-5H3,(H2,64,72)(H,65,73)(H,67,74)(H,68,77);1H3,(H,3,4)/t38-,45-,46+,47+,48+,49+,54-;/m1./s1. The molecule has 0 bridgehead atoms. The number of rotatable bonds is 30. The number of amides is 6. The van der Waals surface area contributed by atoms with Crippen LogP contribution in [0.25, 0.3) is 10.4 Å². The first-order valence-electron chi connectivity index (χ1n) is 29.8. The fourth-order valence-electron chi connectivity index (χ4n) is 10.7. The minimum atomic E-state index is -1.99. The van der Waals surface area contributed by atoms with Gasteiger partial charge in [-0.05, 0) is 98.1 Å². The molecule has 1 aliphatic carbocycles. The maximum Gasteiger partial charge on any atom is 0.300 e. The van der Waals surface area contributed by atoms with Crippen LogP contribution in [0.15, 0.2) is 66.2 Å². The molecule has 3 aliphatic heterocycles. The average Bonchev–Trinajstić information content (AvgIpc) is 1.68. The molecule has 6 amide bonds. The molecule has 87 heavy (non-hydrogen) atoms. The van der Waals surface area contributed by atoms with Crippen molar-refractivity contribution >= 4 is 58.4 Å². The highest BCUT2D eigenvalue weighted by atomic mass is 32.1. The number of hydrogen-bond donors (Lipinski definition) is 7. The molecule has 1 saturated heterocycles. The van der Waals surface area contributed by atoms with Crippen molar-refractivity contribution in [3.05, 3.63) is 99.7 Å². The van der Waals surface area contributed by atoms with Gasteiger partial charge in [0.25, 0.3) is 11.9 Å². The van der Waals surface area contributed by atoms with Crippen molar-refractivity contribution in [2.24, 2.45) is 16.9 Å². The molecule has 0 unspecified atom stereocenters. The molecule has 4 heterocycles. The number of thiazole rings is 1. The van der Waals surface area contributed by atoms with Crippen LogP contribution in [-0.2, 0) is 84.9 Å². The lowest BCUT2D eigenvalue weighted by Crippen LogP contribution is -2.59. The predicted octanol–water partition coefficient (Wildman–Crippen LogP) is 4.77. The smallest absolute Gasteiger partial charge is 0.300 e. The second-order valence-electron chi connectivity index (χ2n) is 23.7. The minimum absolute atomic E-state index is 0.00647. The van der Waals surface area contributed by atoms with Gasteiger partial charge in [0.15, 0.2) is 5.67 Å². The number of carboxylic acids is 1. The summed E-state index contributed by atoms with van der Waals surface area (Å²) in [7, 11) is 0. The Morgan fingerprint density at radius 3 is 2.20 bits per heavy atom. The minimum Gasteiger partial charge on any atom is -0.491 e. The molecule has 1 aromatic heterocycles. The molecule has 24 heteroatoms. The number of aliphatic hydroxyl groups is 1. The number of nitrogens with zero attached hydrogens (tertiary/aromatic N) is 3. The van der Waals surface area contributed by atoms with Crippen LogP contribution in [0, 0.1) is 12.3 Å². The maximum absolute atomic E-state index is 14.7. The molecule has 3 aromatic carbocycles. The predicted molar refractivity (Wildman–Crippen MR) is 323 cm³/mol. The lowest BCUT2D eigenvalue weighted by Gasteiger charge is -2.35. The molecule has 1 saturated carbocycles. The van der Waals surface area contributed by atoms with E-state index in [1.165, 1.54) is 16.2 Å². The van der Waals surface area contributed by atoms with Crippen molar-refractivity contribution in [2.75, 3.05) is 57.7 Å². The zero-order valence-electron chi connectivity index (χ0n) is 50.6. The Balaban J connectivity index is 0.00000262. The van der Waals surface area contributed by atoms with Crippen molar-refractivity contribution in [1.29, 1.82) is 0 Å². The van der Waals surface area contributed by atoms with E-state index >= 15 is 0 Å². The van der Waals surface area contributed by atoms with E-state index in [1.54, 1.807) is 31.2 Å². The average molecular weight is 1230 g/mol. The summed E-state index contributed by atoms with van der Waals surface area (Å²) < 4.78 is 44.5. The van der Waals surface area contributed by atoms with Gasteiger partial charge in [-0.25, -0.2) is 9.37 Å². The Kier molecular flexibility index (Phi) is 24.3.